The number of aliphatic hydroxyl groups is 1. The predicted molar refractivity (Wildman–Crippen MR) is 123 cm³/mol. The Morgan fingerprint density at radius 3 is 2.47 bits per heavy atom. The highest BCUT2D eigenvalue weighted by molar-refractivity contribution is 5.76. The van der Waals surface area contributed by atoms with Crippen LogP contribution < -0.4 is 5.32 Å². The number of carbonyl (C=O) groups excluding carboxylic acids is 1. The van der Waals surface area contributed by atoms with E-state index in [4.69, 9.17) is 9.47 Å². The van der Waals surface area contributed by atoms with Crippen molar-refractivity contribution in [1.29, 1.82) is 0 Å². The van der Waals surface area contributed by atoms with Gasteiger partial charge in [0.15, 0.2) is 0 Å². The van der Waals surface area contributed by atoms with E-state index < -0.39 is 6.10 Å². The lowest BCUT2D eigenvalue weighted by Gasteiger charge is -2.44. The normalized spacial score (nSPS) is 26.5. The van der Waals surface area contributed by atoms with Crippen LogP contribution in [0.4, 0.5) is 0 Å². The molecule has 0 spiro atoms. The lowest BCUT2D eigenvalue weighted by Crippen LogP contribution is -2.56. The molecule has 2 saturated heterocycles. The van der Waals surface area contributed by atoms with Gasteiger partial charge >= 0.3 is 0 Å². The molecule has 2 aromatic carbocycles. The van der Waals surface area contributed by atoms with E-state index in [0.717, 1.165) is 31.4 Å². The molecule has 32 heavy (non-hydrogen) atoms. The Kier molecular flexibility index (Phi) is 8.29. The molecule has 0 aliphatic carbocycles. The van der Waals surface area contributed by atoms with Crippen molar-refractivity contribution in [3.8, 4) is 0 Å². The van der Waals surface area contributed by atoms with Gasteiger partial charge in [0, 0.05) is 25.7 Å². The summed E-state index contributed by atoms with van der Waals surface area (Å²) in [6.45, 7) is 2.75. The fraction of sp³-hybridized carbons (Fsp3) is 0.500. The summed E-state index contributed by atoms with van der Waals surface area (Å²) < 4.78 is 12.1. The highest BCUT2D eigenvalue weighted by Gasteiger charge is 2.37. The smallest absolute Gasteiger partial charge is 0.222 e. The fourth-order valence-corrected chi connectivity index (χ4v) is 4.70. The third kappa shape index (κ3) is 6.62. The highest BCUT2D eigenvalue weighted by Crippen LogP contribution is 2.28. The summed E-state index contributed by atoms with van der Waals surface area (Å²) in [5.41, 5.74) is 2.38. The second-order valence-corrected chi connectivity index (χ2v) is 8.83. The summed E-state index contributed by atoms with van der Waals surface area (Å²) in [4.78, 5) is 14.8. The minimum atomic E-state index is -0.492. The summed E-state index contributed by atoms with van der Waals surface area (Å²) in [5.74, 6) is 0.0143. The molecule has 0 saturated carbocycles. The Balaban J connectivity index is 1.31. The van der Waals surface area contributed by atoms with Gasteiger partial charge in [-0.25, -0.2) is 0 Å². The third-order valence-corrected chi connectivity index (χ3v) is 6.36. The van der Waals surface area contributed by atoms with Crippen molar-refractivity contribution in [2.24, 2.45) is 0 Å². The van der Waals surface area contributed by atoms with Gasteiger partial charge in [0.2, 0.25) is 5.91 Å². The zero-order valence-corrected chi connectivity index (χ0v) is 18.6. The van der Waals surface area contributed by atoms with Crippen LogP contribution in [0.5, 0.6) is 0 Å². The van der Waals surface area contributed by atoms with Gasteiger partial charge in [0.25, 0.3) is 0 Å². The zero-order valence-electron chi connectivity index (χ0n) is 18.6. The Morgan fingerprint density at radius 1 is 1.00 bits per heavy atom. The summed E-state index contributed by atoms with van der Waals surface area (Å²) in [5, 5.41) is 13.3. The molecule has 2 fully saturated rings. The number of nitrogens with one attached hydrogen (secondary N) is 1. The first-order valence-electron chi connectivity index (χ1n) is 11.7. The van der Waals surface area contributed by atoms with Crippen LogP contribution in [0, 0.1) is 0 Å². The molecule has 0 unspecified atom stereocenters. The molecular weight excluding hydrogens is 404 g/mol. The van der Waals surface area contributed by atoms with E-state index in [-0.39, 0.29) is 24.2 Å². The average molecular weight is 439 g/mol. The lowest BCUT2D eigenvalue weighted by atomic mass is 9.94. The van der Waals surface area contributed by atoms with Gasteiger partial charge in [-0.15, -0.1) is 0 Å². The lowest BCUT2D eigenvalue weighted by molar-refractivity contribution is -0.156. The van der Waals surface area contributed by atoms with Gasteiger partial charge in [0.1, 0.15) is 0 Å². The molecule has 0 bridgehead atoms. The molecule has 0 radical (unpaired) electrons. The number of hydrogen-bond donors (Lipinski definition) is 2. The van der Waals surface area contributed by atoms with Crippen LogP contribution >= 0.6 is 0 Å². The van der Waals surface area contributed by atoms with Crippen LogP contribution in [-0.4, -0.2) is 66.6 Å². The Labute approximate surface area is 190 Å². The molecule has 0 aromatic heterocycles. The Morgan fingerprint density at radius 2 is 1.72 bits per heavy atom. The number of carbonyl (C=O) groups is 1. The van der Waals surface area contributed by atoms with Gasteiger partial charge < -0.3 is 19.9 Å². The number of fused-ring (bicyclic) bond motifs is 1. The van der Waals surface area contributed by atoms with Crippen LogP contribution in [-0.2, 0) is 27.2 Å². The summed E-state index contributed by atoms with van der Waals surface area (Å²) in [6, 6.07) is 20.6. The fourth-order valence-electron chi connectivity index (χ4n) is 4.70. The van der Waals surface area contributed by atoms with Crippen molar-refractivity contribution in [3.05, 3.63) is 71.8 Å². The zero-order chi connectivity index (χ0) is 22.2. The number of aliphatic hydroxyl groups excluding tert-OH is 1. The topological polar surface area (TPSA) is 71.0 Å². The van der Waals surface area contributed by atoms with Crippen molar-refractivity contribution in [1.82, 2.24) is 10.2 Å². The minimum absolute atomic E-state index is 0.0143. The predicted octanol–water partition coefficient (Wildman–Crippen LogP) is 2.54. The first kappa shape index (κ1) is 22.9. The molecule has 6 nitrogen and oxygen atoms in total. The van der Waals surface area contributed by atoms with E-state index in [1.807, 2.05) is 36.4 Å². The maximum Gasteiger partial charge on any atom is 0.222 e. The quantitative estimate of drug-likeness (QED) is 0.695. The van der Waals surface area contributed by atoms with E-state index in [9.17, 15) is 9.90 Å². The van der Waals surface area contributed by atoms with Crippen molar-refractivity contribution in [2.45, 2.75) is 56.6 Å². The van der Waals surface area contributed by atoms with Crippen LogP contribution in [0.15, 0.2) is 60.7 Å². The molecule has 2 aromatic rings. The maximum atomic E-state index is 12.5. The molecule has 2 aliphatic heterocycles. The van der Waals surface area contributed by atoms with Crippen molar-refractivity contribution in [3.63, 3.8) is 0 Å². The van der Waals surface area contributed by atoms with Crippen molar-refractivity contribution >= 4 is 5.91 Å². The first-order chi connectivity index (χ1) is 15.7. The molecule has 2 aliphatic rings. The average Bonchev–Trinajstić information content (AvgIpc) is 2.81. The minimum Gasteiger partial charge on any atom is -0.389 e. The number of benzene rings is 2. The number of nitrogens with zero attached hydrogens (tertiary/aromatic N) is 1. The van der Waals surface area contributed by atoms with Crippen LogP contribution in [0.1, 0.15) is 30.4 Å². The molecule has 6 heteroatoms. The maximum absolute atomic E-state index is 12.5. The molecule has 4 atom stereocenters. The van der Waals surface area contributed by atoms with Crippen molar-refractivity contribution in [2.75, 3.05) is 26.3 Å². The first-order valence-corrected chi connectivity index (χ1v) is 11.7. The highest BCUT2D eigenvalue weighted by atomic mass is 16.5. The van der Waals surface area contributed by atoms with Crippen LogP contribution in [0.3, 0.4) is 0 Å². The molecule has 2 N–H and O–H groups in total. The Bertz CT molecular complexity index is 832. The van der Waals surface area contributed by atoms with E-state index in [1.165, 1.54) is 5.56 Å². The van der Waals surface area contributed by atoms with Gasteiger partial charge in [-0.1, -0.05) is 60.7 Å². The van der Waals surface area contributed by atoms with E-state index in [2.05, 4.69) is 34.5 Å². The molecule has 2 heterocycles. The van der Waals surface area contributed by atoms with E-state index in [1.54, 1.807) is 0 Å². The molecule has 1 amide bonds. The Hall–Kier alpha value is -2.25. The number of ether oxygens (including phenoxy) is 2. The van der Waals surface area contributed by atoms with Gasteiger partial charge in [-0.05, 0) is 30.4 Å². The largest absolute Gasteiger partial charge is 0.389 e. The van der Waals surface area contributed by atoms with E-state index in [0.29, 0.717) is 32.7 Å². The second-order valence-electron chi connectivity index (χ2n) is 8.83. The standard InChI is InChI=1S/C26H34N2O4/c29-22-17-28(14-13-20-7-3-1-4-8-20)24-12-11-23(32-25(24)19-31-18-22)15-26(30)27-16-21-9-5-2-6-10-21/h1-10,22-25,29H,11-19H2,(H,27,30)/t22-,23+,24+,25-/m0/s1. The molecular formula is C26H34N2O4. The third-order valence-electron chi connectivity index (χ3n) is 6.36. The van der Waals surface area contributed by atoms with Crippen LogP contribution in [0.25, 0.3) is 0 Å². The van der Waals surface area contributed by atoms with Gasteiger partial charge in [-0.3, -0.25) is 9.69 Å². The summed E-state index contributed by atoms with van der Waals surface area (Å²) >= 11 is 0. The second kappa shape index (κ2) is 11.6. The number of amides is 1. The van der Waals surface area contributed by atoms with Crippen molar-refractivity contribution < 1.29 is 19.4 Å². The number of β-amino-alcohol motifs (C(OH)–C–C–N with tert-alkyl or cyclic N) is 1. The molecule has 4 rings (SSSR count). The van der Waals surface area contributed by atoms with Gasteiger partial charge in [-0.2, -0.15) is 0 Å². The monoisotopic (exact) mass is 438 g/mol. The summed E-state index contributed by atoms with van der Waals surface area (Å²) in [6.07, 6.45) is 2.39. The van der Waals surface area contributed by atoms with E-state index >= 15 is 0 Å². The summed E-state index contributed by atoms with van der Waals surface area (Å²) in [7, 11) is 0. The number of hydrogen-bond acceptors (Lipinski definition) is 5. The molecule has 172 valence electrons. The van der Waals surface area contributed by atoms with Gasteiger partial charge in [0.05, 0.1) is 37.9 Å². The number of rotatable bonds is 7. The SMILES string of the molecule is O=C(C[C@H]1CC[C@@H]2[C@H](COC[C@@H](O)CN2CCc2ccccc2)O1)NCc1ccccc1. The van der Waals surface area contributed by atoms with Crippen LogP contribution in [0.2, 0.25) is 0 Å².